The zero-order valence-electron chi connectivity index (χ0n) is 24.4. The van der Waals surface area contributed by atoms with Crippen LogP contribution in [-0.2, 0) is 0 Å². The van der Waals surface area contributed by atoms with E-state index in [9.17, 15) is 0 Å². The van der Waals surface area contributed by atoms with E-state index in [1.807, 2.05) is 18.2 Å². The maximum atomic E-state index is 7.56. The minimum absolute atomic E-state index is 0.656. The van der Waals surface area contributed by atoms with Crippen LogP contribution in [0.15, 0.2) is 158 Å². The van der Waals surface area contributed by atoms with E-state index in [1.165, 1.54) is 49.0 Å². The molecule has 0 bridgehead atoms. The van der Waals surface area contributed by atoms with Gasteiger partial charge < -0.3 is 4.57 Å². The molecule has 0 atom stereocenters. The Morgan fingerprint density at radius 1 is 0.400 bits per heavy atom. The van der Waals surface area contributed by atoms with Crippen molar-refractivity contribution in [2.75, 3.05) is 0 Å². The zero-order valence-corrected chi connectivity index (χ0v) is 24.4. The third kappa shape index (κ3) is 3.95. The van der Waals surface area contributed by atoms with E-state index in [4.69, 9.17) is 6.57 Å². The number of benzene rings is 8. The molecule has 0 unspecified atom stereocenters. The smallest absolute Gasteiger partial charge is 0.188 e. The zero-order chi connectivity index (χ0) is 29.9. The van der Waals surface area contributed by atoms with Crippen molar-refractivity contribution >= 4 is 59.8 Å². The van der Waals surface area contributed by atoms with Gasteiger partial charge in [0.1, 0.15) is 0 Å². The summed E-state index contributed by atoms with van der Waals surface area (Å²) in [5.41, 5.74) is 8.78. The average Bonchev–Trinajstić information content (AvgIpc) is 3.44. The third-order valence-corrected chi connectivity index (χ3v) is 9.19. The van der Waals surface area contributed by atoms with Gasteiger partial charge in [-0.1, -0.05) is 121 Å². The van der Waals surface area contributed by atoms with Crippen LogP contribution in [-0.4, -0.2) is 4.57 Å². The summed E-state index contributed by atoms with van der Waals surface area (Å²) in [5, 5.41) is 9.90. The molecule has 208 valence electrons. The highest BCUT2D eigenvalue weighted by Gasteiger charge is 2.15. The van der Waals surface area contributed by atoms with Crippen LogP contribution in [0.25, 0.3) is 86.9 Å². The van der Waals surface area contributed by atoms with Crippen molar-refractivity contribution < 1.29 is 0 Å². The van der Waals surface area contributed by atoms with Gasteiger partial charge in [0.05, 0.1) is 17.6 Å². The van der Waals surface area contributed by atoms with Gasteiger partial charge in [-0.15, -0.1) is 0 Å². The molecular weight excluding hydrogens is 544 g/mol. The highest BCUT2D eigenvalue weighted by Crippen LogP contribution is 2.40. The Kier molecular flexibility index (Phi) is 5.60. The SMILES string of the molecule is [C-]#[N+]c1ccc2c(c1)c1ccc(-c3ccc(-c4cc5c6ccccc6ccc5c5ccccc45)cc3)cc1n2-c1ccccc1. The lowest BCUT2D eigenvalue weighted by Gasteiger charge is -2.14. The maximum Gasteiger partial charge on any atom is 0.188 e. The van der Waals surface area contributed by atoms with Gasteiger partial charge >= 0.3 is 0 Å². The third-order valence-electron chi connectivity index (χ3n) is 9.19. The van der Waals surface area contributed by atoms with Gasteiger partial charge in [-0.2, -0.15) is 0 Å². The lowest BCUT2D eigenvalue weighted by molar-refractivity contribution is 1.18. The van der Waals surface area contributed by atoms with E-state index in [-0.39, 0.29) is 0 Å². The highest BCUT2D eigenvalue weighted by molar-refractivity contribution is 6.21. The first kappa shape index (κ1) is 25.3. The topological polar surface area (TPSA) is 9.29 Å². The van der Waals surface area contributed by atoms with Gasteiger partial charge in [0.15, 0.2) is 5.69 Å². The van der Waals surface area contributed by atoms with Crippen LogP contribution in [0.3, 0.4) is 0 Å². The second-order valence-electron chi connectivity index (χ2n) is 11.6. The van der Waals surface area contributed by atoms with E-state index < -0.39 is 0 Å². The van der Waals surface area contributed by atoms with Crippen LogP contribution < -0.4 is 0 Å². The van der Waals surface area contributed by atoms with Crippen molar-refractivity contribution in [2.45, 2.75) is 0 Å². The molecule has 9 aromatic rings. The molecule has 45 heavy (non-hydrogen) atoms. The molecule has 0 radical (unpaired) electrons. The van der Waals surface area contributed by atoms with Crippen molar-refractivity contribution in [1.82, 2.24) is 4.57 Å². The maximum absolute atomic E-state index is 7.56. The molecule has 0 aliphatic carbocycles. The first-order chi connectivity index (χ1) is 22.3. The number of aromatic nitrogens is 1. The van der Waals surface area contributed by atoms with Crippen LogP contribution in [0.5, 0.6) is 0 Å². The van der Waals surface area contributed by atoms with Crippen LogP contribution in [0.1, 0.15) is 0 Å². The van der Waals surface area contributed by atoms with Crippen molar-refractivity contribution in [1.29, 1.82) is 0 Å². The Labute approximate surface area is 260 Å². The van der Waals surface area contributed by atoms with Gasteiger partial charge in [-0.3, -0.25) is 0 Å². The predicted molar refractivity (Wildman–Crippen MR) is 190 cm³/mol. The first-order valence-corrected chi connectivity index (χ1v) is 15.2. The van der Waals surface area contributed by atoms with Gasteiger partial charge in [-0.25, -0.2) is 4.85 Å². The van der Waals surface area contributed by atoms with Crippen LogP contribution in [0, 0.1) is 6.57 Å². The Bertz CT molecular complexity index is 2640. The van der Waals surface area contributed by atoms with E-state index >= 15 is 0 Å². The van der Waals surface area contributed by atoms with Gasteiger partial charge in [0.2, 0.25) is 0 Å². The fraction of sp³-hybridized carbons (Fsp3) is 0. The molecule has 0 spiro atoms. The predicted octanol–water partition coefficient (Wildman–Crippen LogP) is 12.1. The molecule has 9 rings (SSSR count). The fourth-order valence-electron chi connectivity index (χ4n) is 7.06. The van der Waals surface area contributed by atoms with Crippen molar-refractivity contribution in [3.05, 3.63) is 169 Å². The van der Waals surface area contributed by atoms with E-state index in [2.05, 4.69) is 149 Å². The molecular formula is C43H26N2. The summed E-state index contributed by atoms with van der Waals surface area (Å²) in [5.74, 6) is 0. The first-order valence-electron chi connectivity index (χ1n) is 15.2. The molecule has 0 fully saturated rings. The van der Waals surface area contributed by atoms with Gasteiger partial charge in [-0.05, 0) is 96.4 Å². The van der Waals surface area contributed by atoms with Crippen LogP contribution >= 0.6 is 0 Å². The van der Waals surface area contributed by atoms with E-state index in [1.54, 1.807) is 0 Å². The fourth-order valence-corrected chi connectivity index (χ4v) is 7.06. The Balaban J connectivity index is 1.21. The second-order valence-corrected chi connectivity index (χ2v) is 11.6. The molecule has 2 heteroatoms. The van der Waals surface area contributed by atoms with Crippen molar-refractivity contribution in [3.8, 4) is 27.9 Å². The molecule has 1 heterocycles. The Hall–Kier alpha value is -6.17. The highest BCUT2D eigenvalue weighted by atomic mass is 15.0. The number of hydrogen-bond acceptors (Lipinski definition) is 0. The number of para-hydroxylation sites is 1. The van der Waals surface area contributed by atoms with Crippen LogP contribution in [0.4, 0.5) is 5.69 Å². The number of fused-ring (bicyclic) bond motifs is 8. The molecule has 0 aliphatic rings. The van der Waals surface area contributed by atoms with E-state index in [0.717, 1.165) is 33.1 Å². The average molecular weight is 571 g/mol. The lowest BCUT2D eigenvalue weighted by Crippen LogP contribution is -1.93. The molecule has 1 aromatic heterocycles. The number of rotatable bonds is 3. The molecule has 0 amide bonds. The van der Waals surface area contributed by atoms with Gasteiger partial charge in [0.25, 0.3) is 0 Å². The molecule has 2 nitrogen and oxygen atoms in total. The Morgan fingerprint density at radius 2 is 1.07 bits per heavy atom. The summed E-state index contributed by atoms with van der Waals surface area (Å²) >= 11 is 0. The minimum Gasteiger partial charge on any atom is -0.309 e. The molecule has 0 saturated carbocycles. The lowest BCUT2D eigenvalue weighted by atomic mass is 9.90. The second kappa shape index (κ2) is 9.95. The van der Waals surface area contributed by atoms with Gasteiger partial charge in [0, 0.05) is 11.1 Å². The normalized spacial score (nSPS) is 11.5. The minimum atomic E-state index is 0.656. The summed E-state index contributed by atoms with van der Waals surface area (Å²) in [6, 6.07) is 56.4. The largest absolute Gasteiger partial charge is 0.309 e. The molecule has 0 saturated heterocycles. The summed E-state index contributed by atoms with van der Waals surface area (Å²) in [7, 11) is 0. The summed E-state index contributed by atoms with van der Waals surface area (Å²) in [4.78, 5) is 3.70. The standard InChI is InChI=1S/C43H26N2/c1-44-32-21-24-42-41(26-32)38-23-20-31(25-43(38)45(42)33-10-3-2-4-11-33)28-15-17-30(18-16-28)39-27-40-34-12-6-5-9-29(34)19-22-37(40)35-13-7-8-14-36(35)39/h2-27H. The van der Waals surface area contributed by atoms with Crippen molar-refractivity contribution in [3.63, 3.8) is 0 Å². The summed E-state index contributed by atoms with van der Waals surface area (Å²) in [6.07, 6.45) is 0. The van der Waals surface area contributed by atoms with Crippen molar-refractivity contribution in [2.24, 2.45) is 0 Å². The number of hydrogen-bond donors (Lipinski definition) is 0. The molecule has 8 aromatic carbocycles. The quantitative estimate of drug-likeness (QED) is 0.148. The molecule has 0 N–H and O–H groups in total. The molecule has 0 aliphatic heterocycles. The van der Waals surface area contributed by atoms with Crippen LogP contribution in [0.2, 0.25) is 0 Å². The summed E-state index contributed by atoms with van der Waals surface area (Å²) in [6.45, 7) is 7.56. The monoisotopic (exact) mass is 570 g/mol. The summed E-state index contributed by atoms with van der Waals surface area (Å²) < 4.78 is 2.31. The number of nitrogens with zero attached hydrogens (tertiary/aromatic N) is 2. The Morgan fingerprint density at radius 3 is 1.89 bits per heavy atom. The van der Waals surface area contributed by atoms with E-state index in [0.29, 0.717) is 5.69 Å².